The second-order valence-electron chi connectivity index (χ2n) is 3.46. The Morgan fingerprint density at radius 1 is 1.12 bits per heavy atom. The molecule has 92 valence electrons. The molecule has 0 aromatic rings. The van der Waals surface area contributed by atoms with Gasteiger partial charge in [0, 0.05) is 19.5 Å². The molecule has 0 aliphatic heterocycles. The van der Waals surface area contributed by atoms with Crippen LogP contribution in [0.1, 0.15) is 32.1 Å². The fraction of sp³-hybridized carbons (Fsp3) is 0.636. The minimum atomic E-state index is -0.841. The van der Waals surface area contributed by atoms with Crippen molar-refractivity contribution in [1.82, 2.24) is 10.6 Å². The number of rotatable bonds is 9. The highest BCUT2D eigenvalue weighted by Gasteiger charge is 2.00. The molecule has 0 spiro atoms. The van der Waals surface area contributed by atoms with E-state index in [0.717, 1.165) is 19.3 Å². The second kappa shape index (κ2) is 10.0. The molecule has 3 N–H and O–H groups in total. The van der Waals surface area contributed by atoms with Crippen LogP contribution in [0.5, 0.6) is 0 Å². The molecule has 0 rings (SSSR count). The van der Waals surface area contributed by atoms with E-state index in [0.29, 0.717) is 19.5 Å². The maximum absolute atomic E-state index is 11.1. The lowest BCUT2D eigenvalue weighted by Crippen LogP contribution is -2.36. The van der Waals surface area contributed by atoms with Gasteiger partial charge < -0.3 is 15.7 Å². The number of aliphatic carboxylic acids is 1. The summed E-state index contributed by atoms with van der Waals surface area (Å²) < 4.78 is 0. The van der Waals surface area contributed by atoms with E-state index in [-0.39, 0.29) is 12.5 Å². The summed E-state index contributed by atoms with van der Waals surface area (Å²) in [5.41, 5.74) is 0. The molecule has 0 radical (unpaired) electrons. The van der Waals surface area contributed by atoms with Gasteiger partial charge in [-0.15, -0.1) is 6.58 Å². The molecule has 0 aromatic carbocycles. The van der Waals surface area contributed by atoms with Gasteiger partial charge >= 0.3 is 12.0 Å². The molecule has 0 aliphatic carbocycles. The van der Waals surface area contributed by atoms with Crippen molar-refractivity contribution in [2.24, 2.45) is 0 Å². The van der Waals surface area contributed by atoms with E-state index in [2.05, 4.69) is 17.2 Å². The van der Waals surface area contributed by atoms with Crippen LogP contribution in [0.2, 0.25) is 0 Å². The maximum atomic E-state index is 11.1. The summed E-state index contributed by atoms with van der Waals surface area (Å²) in [6.07, 6.45) is 5.30. The van der Waals surface area contributed by atoms with Crippen molar-refractivity contribution in [2.45, 2.75) is 32.1 Å². The average Bonchev–Trinajstić information content (AvgIpc) is 2.24. The topological polar surface area (TPSA) is 78.4 Å². The van der Waals surface area contributed by atoms with Gasteiger partial charge in [-0.05, 0) is 25.7 Å². The normalized spacial score (nSPS) is 9.50. The zero-order chi connectivity index (χ0) is 12.2. The van der Waals surface area contributed by atoms with E-state index in [9.17, 15) is 9.59 Å². The highest BCUT2D eigenvalue weighted by molar-refractivity contribution is 5.73. The van der Waals surface area contributed by atoms with Crippen molar-refractivity contribution in [1.29, 1.82) is 0 Å². The molecule has 0 saturated heterocycles. The zero-order valence-corrected chi connectivity index (χ0v) is 9.50. The third-order valence-electron chi connectivity index (χ3n) is 1.97. The molecule has 0 aliphatic rings. The van der Waals surface area contributed by atoms with Crippen LogP contribution in [-0.2, 0) is 4.79 Å². The Balaban J connectivity index is 3.24. The molecule has 0 atom stereocenters. The van der Waals surface area contributed by atoms with Gasteiger partial charge in [0.05, 0.1) is 0 Å². The quantitative estimate of drug-likeness (QED) is 0.413. The van der Waals surface area contributed by atoms with Gasteiger partial charge in [0.25, 0.3) is 0 Å². The number of urea groups is 1. The van der Waals surface area contributed by atoms with Crippen molar-refractivity contribution in [2.75, 3.05) is 13.1 Å². The number of allylic oxidation sites excluding steroid dienone is 1. The van der Waals surface area contributed by atoms with Gasteiger partial charge in [-0.3, -0.25) is 4.79 Å². The lowest BCUT2D eigenvalue weighted by atomic mass is 10.2. The average molecular weight is 228 g/mol. The molecule has 0 saturated carbocycles. The Bertz CT molecular complexity index is 229. The van der Waals surface area contributed by atoms with Crippen LogP contribution >= 0.6 is 0 Å². The van der Waals surface area contributed by atoms with Gasteiger partial charge in [-0.25, -0.2) is 4.79 Å². The van der Waals surface area contributed by atoms with E-state index in [1.807, 2.05) is 6.08 Å². The molecular formula is C11H20N2O3. The zero-order valence-electron chi connectivity index (χ0n) is 9.50. The summed E-state index contributed by atoms with van der Waals surface area (Å²) in [5, 5.41) is 13.7. The first-order chi connectivity index (χ1) is 7.66. The number of hydrogen-bond acceptors (Lipinski definition) is 2. The summed E-state index contributed by atoms with van der Waals surface area (Å²) in [6, 6.07) is -0.232. The summed E-state index contributed by atoms with van der Waals surface area (Å²) in [7, 11) is 0. The lowest BCUT2D eigenvalue weighted by molar-refractivity contribution is -0.137. The van der Waals surface area contributed by atoms with Gasteiger partial charge in [0.15, 0.2) is 0 Å². The minimum absolute atomic E-state index is 0.0830. The number of carboxylic acids is 1. The van der Waals surface area contributed by atoms with Gasteiger partial charge in [-0.1, -0.05) is 6.08 Å². The number of carboxylic acid groups (broad SMARTS) is 1. The fourth-order valence-corrected chi connectivity index (χ4v) is 1.12. The van der Waals surface area contributed by atoms with Crippen molar-refractivity contribution >= 4 is 12.0 Å². The molecule has 0 aromatic heterocycles. The molecular weight excluding hydrogens is 208 g/mol. The van der Waals surface area contributed by atoms with Gasteiger partial charge in [0.2, 0.25) is 0 Å². The van der Waals surface area contributed by atoms with Crippen molar-refractivity contribution in [3.8, 4) is 0 Å². The summed E-state index contributed by atoms with van der Waals surface area (Å²) in [5.74, 6) is -0.841. The Kier molecular flexibility index (Phi) is 9.06. The van der Waals surface area contributed by atoms with Crippen LogP contribution in [0, 0.1) is 0 Å². The number of carbonyl (C=O) groups excluding carboxylic acids is 1. The van der Waals surface area contributed by atoms with E-state index < -0.39 is 5.97 Å². The molecule has 2 amide bonds. The highest BCUT2D eigenvalue weighted by atomic mass is 16.4. The molecule has 5 heteroatoms. The van der Waals surface area contributed by atoms with Crippen LogP contribution in [0.4, 0.5) is 4.79 Å². The first-order valence-electron chi connectivity index (χ1n) is 5.51. The smallest absolute Gasteiger partial charge is 0.314 e. The minimum Gasteiger partial charge on any atom is -0.481 e. The Hall–Kier alpha value is -1.52. The molecule has 5 nitrogen and oxygen atoms in total. The first kappa shape index (κ1) is 14.5. The monoisotopic (exact) mass is 228 g/mol. The van der Waals surface area contributed by atoms with Crippen LogP contribution < -0.4 is 10.6 Å². The van der Waals surface area contributed by atoms with Crippen LogP contribution in [0.15, 0.2) is 12.7 Å². The molecule has 0 unspecified atom stereocenters. The summed E-state index contributed by atoms with van der Waals surface area (Å²) in [6.45, 7) is 4.64. The Morgan fingerprint density at radius 2 is 1.75 bits per heavy atom. The number of amides is 2. The predicted molar refractivity (Wildman–Crippen MR) is 62.3 cm³/mol. The fourth-order valence-electron chi connectivity index (χ4n) is 1.12. The largest absolute Gasteiger partial charge is 0.481 e. The Labute approximate surface area is 95.9 Å². The highest BCUT2D eigenvalue weighted by Crippen LogP contribution is 1.93. The maximum Gasteiger partial charge on any atom is 0.314 e. The van der Waals surface area contributed by atoms with E-state index in [1.54, 1.807) is 0 Å². The SMILES string of the molecule is C=CCCCCNC(=O)NCCCC(=O)O. The third kappa shape index (κ3) is 10.6. The van der Waals surface area contributed by atoms with E-state index in [4.69, 9.17) is 5.11 Å². The van der Waals surface area contributed by atoms with Crippen molar-refractivity contribution in [3.05, 3.63) is 12.7 Å². The van der Waals surface area contributed by atoms with Crippen molar-refractivity contribution < 1.29 is 14.7 Å². The Morgan fingerprint density at radius 3 is 2.31 bits per heavy atom. The van der Waals surface area contributed by atoms with Crippen molar-refractivity contribution in [3.63, 3.8) is 0 Å². The number of carbonyl (C=O) groups is 2. The first-order valence-corrected chi connectivity index (χ1v) is 5.51. The number of hydrogen-bond donors (Lipinski definition) is 3. The van der Waals surface area contributed by atoms with Gasteiger partial charge in [-0.2, -0.15) is 0 Å². The molecule has 0 heterocycles. The standard InChI is InChI=1S/C11H20N2O3/c1-2-3-4-5-8-12-11(16)13-9-6-7-10(14)15/h2H,1,3-9H2,(H,14,15)(H2,12,13,16). The van der Waals surface area contributed by atoms with E-state index in [1.165, 1.54) is 0 Å². The van der Waals surface area contributed by atoms with Crippen LogP contribution in [0.3, 0.4) is 0 Å². The molecule has 16 heavy (non-hydrogen) atoms. The summed E-state index contributed by atoms with van der Waals surface area (Å²) in [4.78, 5) is 21.3. The second-order valence-corrected chi connectivity index (χ2v) is 3.46. The lowest BCUT2D eigenvalue weighted by Gasteiger charge is -2.06. The number of unbranched alkanes of at least 4 members (excludes halogenated alkanes) is 2. The van der Waals surface area contributed by atoms with Crippen LogP contribution in [-0.4, -0.2) is 30.2 Å². The van der Waals surface area contributed by atoms with Gasteiger partial charge in [0.1, 0.15) is 0 Å². The summed E-state index contributed by atoms with van der Waals surface area (Å²) >= 11 is 0. The predicted octanol–water partition coefficient (Wildman–Crippen LogP) is 1.51. The molecule has 0 fully saturated rings. The third-order valence-corrected chi connectivity index (χ3v) is 1.97. The molecule has 0 bridgehead atoms. The van der Waals surface area contributed by atoms with E-state index >= 15 is 0 Å². The van der Waals surface area contributed by atoms with Crippen LogP contribution in [0.25, 0.3) is 0 Å². The number of nitrogens with one attached hydrogen (secondary N) is 2.